The summed E-state index contributed by atoms with van der Waals surface area (Å²) in [5.74, 6) is 0.0771. The molecule has 2 aromatic rings. The molecular formula is C18H12BrClO4. The third-order valence-electron chi connectivity index (χ3n) is 3.33. The van der Waals surface area contributed by atoms with E-state index in [0.29, 0.717) is 11.3 Å². The van der Waals surface area contributed by atoms with Gasteiger partial charge in [0.05, 0.1) is 5.56 Å². The Balaban J connectivity index is 1.86. The Morgan fingerprint density at radius 1 is 1.29 bits per heavy atom. The average Bonchev–Trinajstić information content (AvgIpc) is 2.83. The zero-order valence-electron chi connectivity index (χ0n) is 12.6. The van der Waals surface area contributed by atoms with E-state index in [1.807, 2.05) is 24.3 Å². The van der Waals surface area contributed by atoms with Gasteiger partial charge in [0.1, 0.15) is 16.9 Å². The number of carbonyl (C=O) groups excluding carboxylic acids is 2. The maximum absolute atomic E-state index is 12.4. The van der Waals surface area contributed by atoms with Crippen LogP contribution in [0.25, 0.3) is 6.08 Å². The number of rotatable bonds is 3. The first kappa shape index (κ1) is 16.7. The number of esters is 1. The van der Waals surface area contributed by atoms with Crippen LogP contribution in [0.2, 0.25) is 0 Å². The van der Waals surface area contributed by atoms with E-state index in [1.54, 1.807) is 18.2 Å². The minimum Gasteiger partial charge on any atom is -0.452 e. The molecule has 0 fully saturated rings. The van der Waals surface area contributed by atoms with Crippen LogP contribution in [-0.4, -0.2) is 17.1 Å². The Labute approximate surface area is 152 Å². The topological polar surface area (TPSA) is 52.6 Å². The van der Waals surface area contributed by atoms with Crippen LogP contribution in [0.3, 0.4) is 0 Å². The molecule has 24 heavy (non-hydrogen) atoms. The lowest BCUT2D eigenvalue weighted by molar-refractivity contribution is -0.133. The van der Waals surface area contributed by atoms with Crippen LogP contribution in [0.4, 0.5) is 0 Å². The van der Waals surface area contributed by atoms with E-state index < -0.39 is 11.3 Å². The molecule has 0 spiro atoms. The van der Waals surface area contributed by atoms with Gasteiger partial charge in [0.2, 0.25) is 5.78 Å². The van der Waals surface area contributed by atoms with Gasteiger partial charge in [-0.25, -0.2) is 0 Å². The third kappa shape index (κ3) is 3.52. The molecule has 1 unspecified atom stereocenters. The fraction of sp³-hybridized carbons (Fsp3) is 0.111. The van der Waals surface area contributed by atoms with Gasteiger partial charge in [-0.3, -0.25) is 9.59 Å². The lowest BCUT2D eigenvalue weighted by atomic mass is 10.1. The third-order valence-corrected chi connectivity index (χ3v) is 4.00. The van der Waals surface area contributed by atoms with E-state index in [0.717, 1.165) is 10.0 Å². The molecule has 1 aliphatic heterocycles. The van der Waals surface area contributed by atoms with Gasteiger partial charge in [0.25, 0.3) is 0 Å². The molecule has 4 nitrogen and oxygen atoms in total. The normalized spacial score (nSPS) is 15.8. The zero-order chi connectivity index (χ0) is 17.3. The van der Waals surface area contributed by atoms with Crippen LogP contribution < -0.4 is 9.47 Å². The van der Waals surface area contributed by atoms with Gasteiger partial charge < -0.3 is 9.47 Å². The molecule has 1 atom stereocenters. The zero-order valence-corrected chi connectivity index (χ0v) is 14.9. The molecule has 0 radical (unpaired) electrons. The van der Waals surface area contributed by atoms with Crippen molar-refractivity contribution in [2.75, 3.05) is 0 Å². The van der Waals surface area contributed by atoms with Gasteiger partial charge in [0, 0.05) is 10.5 Å². The van der Waals surface area contributed by atoms with Gasteiger partial charge in [-0.05, 0) is 42.8 Å². The largest absolute Gasteiger partial charge is 0.452 e. The minimum absolute atomic E-state index is 0.214. The first-order chi connectivity index (χ1) is 11.4. The molecule has 1 aliphatic rings. The molecule has 0 aliphatic carbocycles. The highest BCUT2D eigenvalue weighted by Gasteiger charge is 2.28. The van der Waals surface area contributed by atoms with Crippen molar-refractivity contribution in [2.45, 2.75) is 12.3 Å². The highest BCUT2D eigenvalue weighted by molar-refractivity contribution is 9.10. The van der Waals surface area contributed by atoms with Crippen LogP contribution in [0, 0.1) is 0 Å². The summed E-state index contributed by atoms with van der Waals surface area (Å²) in [6.07, 6.45) is 1.67. The smallest absolute Gasteiger partial charge is 0.329 e. The van der Waals surface area contributed by atoms with Gasteiger partial charge >= 0.3 is 5.97 Å². The molecule has 0 amide bonds. The number of alkyl halides is 1. The predicted octanol–water partition coefficient (Wildman–Crippen LogP) is 4.60. The minimum atomic E-state index is -0.757. The summed E-state index contributed by atoms with van der Waals surface area (Å²) in [5, 5.41) is -0.757. The summed E-state index contributed by atoms with van der Waals surface area (Å²) in [6, 6.07) is 12.1. The Bertz CT molecular complexity index is 858. The number of ether oxygens (including phenoxy) is 2. The van der Waals surface area contributed by atoms with Crippen molar-refractivity contribution < 1.29 is 19.1 Å². The lowest BCUT2D eigenvalue weighted by Gasteiger charge is -2.06. The summed E-state index contributed by atoms with van der Waals surface area (Å²) >= 11 is 9.06. The number of benzene rings is 2. The van der Waals surface area contributed by atoms with Crippen LogP contribution in [-0.2, 0) is 4.79 Å². The summed E-state index contributed by atoms with van der Waals surface area (Å²) in [4.78, 5) is 23.9. The van der Waals surface area contributed by atoms with Gasteiger partial charge in [-0.2, -0.15) is 0 Å². The maximum atomic E-state index is 12.4. The molecule has 0 N–H and O–H groups in total. The second kappa shape index (κ2) is 6.79. The van der Waals surface area contributed by atoms with Crippen LogP contribution in [0.1, 0.15) is 22.8 Å². The van der Waals surface area contributed by atoms with E-state index in [2.05, 4.69) is 15.9 Å². The highest BCUT2D eigenvalue weighted by atomic mass is 79.9. The van der Waals surface area contributed by atoms with Crippen molar-refractivity contribution in [3.63, 3.8) is 0 Å². The maximum Gasteiger partial charge on any atom is 0.329 e. The summed E-state index contributed by atoms with van der Waals surface area (Å²) in [7, 11) is 0. The predicted molar refractivity (Wildman–Crippen MR) is 94.5 cm³/mol. The van der Waals surface area contributed by atoms with E-state index in [9.17, 15) is 9.59 Å². The summed E-state index contributed by atoms with van der Waals surface area (Å²) in [6.45, 7) is 1.52. The first-order valence-corrected chi connectivity index (χ1v) is 8.36. The number of allylic oxidation sites excluding steroid dienone is 1. The van der Waals surface area contributed by atoms with Gasteiger partial charge in [-0.15, -0.1) is 11.6 Å². The Hall–Kier alpha value is -2.11. The fourth-order valence-electron chi connectivity index (χ4n) is 2.18. The first-order valence-electron chi connectivity index (χ1n) is 7.13. The highest BCUT2D eigenvalue weighted by Crippen LogP contribution is 2.35. The number of halogens is 2. The van der Waals surface area contributed by atoms with Gasteiger partial charge in [0.15, 0.2) is 5.76 Å². The fourth-order valence-corrected chi connectivity index (χ4v) is 2.64. The Morgan fingerprint density at radius 3 is 2.79 bits per heavy atom. The monoisotopic (exact) mass is 406 g/mol. The number of Topliss-reactive ketones (excluding diaryl/α,β-unsaturated/α-hetero) is 1. The van der Waals surface area contributed by atoms with E-state index in [1.165, 1.54) is 13.0 Å². The summed E-state index contributed by atoms with van der Waals surface area (Å²) < 4.78 is 11.6. The molecular weight excluding hydrogens is 396 g/mol. The number of hydrogen-bond acceptors (Lipinski definition) is 4. The quantitative estimate of drug-likeness (QED) is 0.323. The molecule has 2 aromatic carbocycles. The number of hydrogen-bond donors (Lipinski definition) is 0. The molecule has 0 bridgehead atoms. The van der Waals surface area contributed by atoms with Crippen LogP contribution in [0.5, 0.6) is 11.5 Å². The molecule has 6 heteroatoms. The van der Waals surface area contributed by atoms with E-state index in [4.69, 9.17) is 21.1 Å². The van der Waals surface area contributed by atoms with E-state index in [-0.39, 0.29) is 17.3 Å². The second-order valence-corrected chi connectivity index (χ2v) is 6.76. The number of carbonyl (C=O) groups is 2. The molecule has 0 saturated carbocycles. The van der Waals surface area contributed by atoms with E-state index >= 15 is 0 Å². The van der Waals surface area contributed by atoms with Crippen molar-refractivity contribution in [1.29, 1.82) is 0 Å². The number of ketones is 1. The van der Waals surface area contributed by atoms with Crippen molar-refractivity contribution in [3.8, 4) is 11.5 Å². The molecule has 3 rings (SSSR count). The standard InChI is InChI=1S/C18H12BrClO4/c1-10(20)18(22)23-13-5-6-14-15(9-13)24-16(17(14)21)8-11-3-2-4-12(19)7-11/h2-10H,1H3/b16-8-. The summed E-state index contributed by atoms with van der Waals surface area (Å²) in [5.41, 5.74) is 1.26. The number of fused-ring (bicyclic) bond motifs is 1. The molecule has 1 heterocycles. The van der Waals surface area contributed by atoms with Crippen molar-refractivity contribution in [1.82, 2.24) is 0 Å². The average molecular weight is 408 g/mol. The van der Waals surface area contributed by atoms with Crippen molar-refractivity contribution in [2.24, 2.45) is 0 Å². The van der Waals surface area contributed by atoms with Crippen molar-refractivity contribution in [3.05, 3.63) is 63.8 Å². The van der Waals surface area contributed by atoms with Crippen LogP contribution in [0.15, 0.2) is 52.7 Å². The van der Waals surface area contributed by atoms with Crippen molar-refractivity contribution >= 4 is 45.4 Å². The van der Waals surface area contributed by atoms with Gasteiger partial charge in [-0.1, -0.05) is 28.1 Å². The SMILES string of the molecule is CC(Cl)C(=O)Oc1ccc2c(c1)O/C(=C\c1cccc(Br)c1)C2=O. The molecule has 122 valence electrons. The second-order valence-electron chi connectivity index (χ2n) is 5.19. The lowest BCUT2D eigenvalue weighted by Crippen LogP contribution is -2.17. The Kier molecular flexibility index (Phi) is 4.73. The van der Waals surface area contributed by atoms with Crippen LogP contribution >= 0.6 is 27.5 Å². The Morgan fingerprint density at radius 2 is 2.08 bits per heavy atom. The molecule has 0 saturated heterocycles. The molecule has 0 aromatic heterocycles.